The van der Waals surface area contributed by atoms with Gasteiger partial charge < -0.3 is 10.1 Å². The quantitative estimate of drug-likeness (QED) is 0.893. The lowest BCUT2D eigenvalue weighted by atomic mass is 9.79. The van der Waals surface area contributed by atoms with Crippen molar-refractivity contribution in [1.82, 2.24) is 10.2 Å². The average Bonchev–Trinajstić information content (AvgIpc) is 2.65. The van der Waals surface area contributed by atoms with E-state index in [4.69, 9.17) is 4.74 Å². The Balaban J connectivity index is 1.60. The van der Waals surface area contributed by atoms with E-state index in [0.717, 1.165) is 38.4 Å². The highest BCUT2D eigenvalue weighted by atomic mass is 16.5. The van der Waals surface area contributed by atoms with Crippen LogP contribution in [-0.4, -0.2) is 49.2 Å². The smallest absolute Gasteiger partial charge is 0.224 e. The van der Waals surface area contributed by atoms with E-state index in [1.807, 2.05) is 0 Å². The lowest BCUT2D eigenvalue weighted by Gasteiger charge is -2.48. The molecule has 1 aromatic rings. The summed E-state index contributed by atoms with van der Waals surface area (Å²) < 4.78 is 5.53. The fraction of sp³-hybridized carbons (Fsp3) is 0.667. The molecule has 1 N–H and O–H groups in total. The fourth-order valence-corrected chi connectivity index (χ4v) is 4.28. The predicted molar refractivity (Wildman–Crippen MR) is 101 cm³/mol. The molecule has 0 unspecified atom stereocenters. The molecule has 1 amide bonds. The van der Waals surface area contributed by atoms with E-state index in [2.05, 4.69) is 42.3 Å². The van der Waals surface area contributed by atoms with Gasteiger partial charge in [0.05, 0.1) is 19.6 Å². The minimum atomic E-state index is 0.140. The first-order chi connectivity index (χ1) is 12.1. The summed E-state index contributed by atoms with van der Waals surface area (Å²) in [5.74, 6) is 0.140. The van der Waals surface area contributed by atoms with E-state index in [-0.39, 0.29) is 11.4 Å². The van der Waals surface area contributed by atoms with Crippen molar-refractivity contribution in [2.45, 2.75) is 57.9 Å². The van der Waals surface area contributed by atoms with Crippen LogP contribution in [0.3, 0.4) is 0 Å². The fourth-order valence-electron chi connectivity index (χ4n) is 4.28. The summed E-state index contributed by atoms with van der Waals surface area (Å²) in [7, 11) is 0. The maximum Gasteiger partial charge on any atom is 0.224 e. The van der Waals surface area contributed by atoms with Crippen LogP contribution >= 0.6 is 0 Å². The Morgan fingerprint density at radius 3 is 2.52 bits per heavy atom. The number of carbonyl (C=O) groups excluding carboxylic acids is 1. The lowest BCUT2D eigenvalue weighted by molar-refractivity contribution is -0.121. The summed E-state index contributed by atoms with van der Waals surface area (Å²) in [5, 5.41) is 3.25. The van der Waals surface area contributed by atoms with Gasteiger partial charge in [0.2, 0.25) is 5.91 Å². The van der Waals surface area contributed by atoms with Crippen molar-refractivity contribution >= 4 is 5.91 Å². The van der Waals surface area contributed by atoms with Crippen molar-refractivity contribution in [3.63, 3.8) is 0 Å². The molecule has 1 saturated heterocycles. The van der Waals surface area contributed by atoms with Crippen LogP contribution in [0.15, 0.2) is 18.2 Å². The number of carbonyl (C=O) groups is 1. The van der Waals surface area contributed by atoms with Gasteiger partial charge in [0.1, 0.15) is 0 Å². The van der Waals surface area contributed by atoms with Crippen molar-refractivity contribution in [3.05, 3.63) is 34.9 Å². The molecule has 4 heteroatoms. The molecule has 1 heterocycles. The number of nitrogens with one attached hydrogen (secondary N) is 1. The summed E-state index contributed by atoms with van der Waals surface area (Å²) in [4.78, 5) is 15.1. The summed E-state index contributed by atoms with van der Waals surface area (Å²) in [6, 6.07) is 6.31. The second-order valence-electron chi connectivity index (χ2n) is 7.76. The van der Waals surface area contributed by atoms with Gasteiger partial charge in [0.15, 0.2) is 0 Å². The van der Waals surface area contributed by atoms with Crippen LogP contribution in [0, 0.1) is 13.8 Å². The predicted octanol–water partition coefficient (Wildman–Crippen LogP) is 3.00. The van der Waals surface area contributed by atoms with Gasteiger partial charge in [-0.05, 0) is 43.4 Å². The number of hydrogen-bond acceptors (Lipinski definition) is 3. The molecule has 138 valence electrons. The second-order valence-corrected chi connectivity index (χ2v) is 7.76. The molecule has 1 saturated carbocycles. The Kier molecular flexibility index (Phi) is 6.13. The zero-order valence-corrected chi connectivity index (χ0v) is 15.8. The van der Waals surface area contributed by atoms with Gasteiger partial charge in [-0.3, -0.25) is 9.69 Å². The Hall–Kier alpha value is -1.39. The highest BCUT2D eigenvalue weighted by Gasteiger charge is 2.38. The van der Waals surface area contributed by atoms with Crippen LogP contribution in [0.2, 0.25) is 0 Å². The third kappa shape index (κ3) is 4.62. The number of hydrogen-bond donors (Lipinski definition) is 1. The third-order valence-electron chi connectivity index (χ3n) is 6.02. The number of ether oxygens (including phenoxy) is 1. The van der Waals surface area contributed by atoms with E-state index in [1.165, 1.54) is 43.2 Å². The molecule has 0 spiro atoms. The van der Waals surface area contributed by atoms with Crippen molar-refractivity contribution < 1.29 is 9.53 Å². The van der Waals surface area contributed by atoms with Gasteiger partial charge in [-0.25, -0.2) is 0 Å². The Labute approximate surface area is 151 Å². The summed E-state index contributed by atoms with van der Waals surface area (Å²) in [6.45, 7) is 8.61. The summed E-state index contributed by atoms with van der Waals surface area (Å²) in [5.41, 5.74) is 3.77. The molecular weight excluding hydrogens is 312 g/mol. The lowest BCUT2D eigenvalue weighted by Crippen LogP contribution is -2.59. The zero-order valence-electron chi connectivity index (χ0n) is 15.8. The van der Waals surface area contributed by atoms with Gasteiger partial charge >= 0.3 is 0 Å². The van der Waals surface area contributed by atoms with Crippen molar-refractivity contribution in [1.29, 1.82) is 0 Å². The molecule has 1 aromatic carbocycles. The molecule has 2 fully saturated rings. The molecule has 0 radical (unpaired) electrons. The van der Waals surface area contributed by atoms with E-state index in [0.29, 0.717) is 6.42 Å². The van der Waals surface area contributed by atoms with Gasteiger partial charge in [-0.2, -0.15) is 0 Å². The molecule has 0 atom stereocenters. The zero-order chi connectivity index (χ0) is 17.7. The Morgan fingerprint density at radius 2 is 1.84 bits per heavy atom. The van der Waals surface area contributed by atoms with Crippen molar-refractivity contribution in [2.75, 3.05) is 32.8 Å². The highest BCUT2D eigenvalue weighted by molar-refractivity contribution is 5.78. The van der Waals surface area contributed by atoms with E-state index >= 15 is 0 Å². The summed E-state index contributed by atoms with van der Waals surface area (Å²) >= 11 is 0. The van der Waals surface area contributed by atoms with Crippen LogP contribution in [0.4, 0.5) is 0 Å². The molecule has 1 aliphatic heterocycles. The van der Waals surface area contributed by atoms with E-state index in [9.17, 15) is 4.79 Å². The minimum Gasteiger partial charge on any atom is -0.379 e. The minimum absolute atomic E-state index is 0.140. The van der Waals surface area contributed by atoms with Crippen molar-refractivity contribution in [2.24, 2.45) is 0 Å². The molecule has 3 rings (SSSR count). The maximum absolute atomic E-state index is 12.5. The standard InChI is InChI=1S/C21H32N2O2/c1-17-6-7-19(14-18(17)2)15-20(24)22-16-21(8-4-3-5-9-21)23-10-12-25-13-11-23/h6-7,14H,3-5,8-13,15-16H2,1-2H3,(H,22,24). The van der Waals surface area contributed by atoms with E-state index in [1.54, 1.807) is 0 Å². The van der Waals surface area contributed by atoms with Crippen LogP contribution in [0.1, 0.15) is 48.8 Å². The molecule has 2 aliphatic rings. The molecule has 25 heavy (non-hydrogen) atoms. The SMILES string of the molecule is Cc1ccc(CC(=O)NCC2(N3CCOCC3)CCCCC2)cc1C. The Morgan fingerprint density at radius 1 is 1.12 bits per heavy atom. The van der Waals surface area contributed by atoms with Gasteiger partial charge in [-0.15, -0.1) is 0 Å². The average molecular weight is 344 g/mol. The first kappa shape index (κ1) is 18.4. The highest BCUT2D eigenvalue weighted by Crippen LogP contribution is 2.33. The second kappa shape index (κ2) is 8.33. The Bertz CT molecular complexity index is 588. The number of morpholine rings is 1. The van der Waals surface area contributed by atoms with Gasteiger partial charge in [0.25, 0.3) is 0 Å². The molecule has 0 bridgehead atoms. The molecular formula is C21H32N2O2. The van der Waals surface area contributed by atoms with Crippen LogP contribution in [0.5, 0.6) is 0 Å². The topological polar surface area (TPSA) is 41.6 Å². The normalized spacial score (nSPS) is 21.0. The van der Waals surface area contributed by atoms with Crippen LogP contribution in [-0.2, 0) is 16.0 Å². The van der Waals surface area contributed by atoms with Crippen LogP contribution < -0.4 is 5.32 Å². The largest absolute Gasteiger partial charge is 0.379 e. The summed E-state index contributed by atoms with van der Waals surface area (Å²) in [6.07, 6.45) is 6.71. The maximum atomic E-state index is 12.5. The molecule has 0 aromatic heterocycles. The van der Waals surface area contributed by atoms with Crippen molar-refractivity contribution in [3.8, 4) is 0 Å². The van der Waals surface area contributed by atoms with Crippen LogP contribution in [0.25, 0.3) is 0 Å². The van der Waals surface area contributed by atoms with E-state index < -0.39 is 0 Å². The van der Waals surface area contributed by atoms with Gasteiger partial charge in [0, 0.05) is 25.2 Å². The monoisotopic (exact) mass is 344 g/mol. The number of aryl methyl sites for hydroxylation is 2. The van der Waals surface area contributed by atoms with Gasteiger partial charge in [-0.1, -0.05) is 37.5 Å². The first-order valence-electron chi connectivity index (χ1n) is 9.75. The number of nitrogens with zero attached hydrogens (tertiary/aromatic N) is 1. The number of benzene rings is 1. The number of rotatable bonds is 5. The molecule has 1 aliphatic carbocycles. The number of amides is 1. The molecule has 4 nitrogen and oxygen atoms in total. The first-order valence-corrected chi connectivity index (χ1v) is 9.75. The third-order valence-corrected chi connectivity index (χ3v) is 6.02.